The molecule has 1 fully saturated rings. The molecule has 0 saturated carbocycles. The van der Waals surface area contributed by atoms with Gasteiger partial charge in [-0.3, -0.25) is 0 Å². The lowest BCUT2D eigenvalue weighted by atomic mass is 9.99. The van der Waals surface area contributed by atoms with Crippen LogP contribution in [0.25, 0.3) is 22.2 Å². The topological polar surface area (TPSA) is 96.4 Å². The molecule has 0 radical (unpaired) electrons. The van der Waals surface area contributed by atoms with E-state index < -0.39 is 5.54 Å². The van der Waals surface area contributed by atoms with Crippen molar-refractivity contribution in [3.05, 3.63) is 64.0 Å². The van der Waals surface area contributed by atoms with E-state index in [4.69, 9.17) is 4.74 Å². The molecule has 1 N–H and O–H groups in total. The first kappa shape index (κ1) is 18.8. The highest BCUT2D eigenvalue weighted by Gasteiger charge is 2.35. The second-order valence-corrected chi connectivity index (χ2v) is 8.22. The van der Waals surface area contributed by atoms with E-state index in [0.29, 0.717) is 10.7 Å². The van der Waals surface area contributed by atoms with Crippen LogP contribution >= 0.6 is 11.3 Å². The molecule has 4 heterocycles. The van der Waals surface area contributed by atoms with Crippen molar-refractivity contribution in [1.82, 2.24) is 19.9 Å². The number of hydrogen-bond acceptors (Lipinski definition) is 8. The number of rotatable bonds is 5. The number of ether oxygens (including phenoxy) is 1. The van der Waals surface area contributed by atoms with Gasteiger partial charge < -0.3 is 14.6 Å². The summed E-state index contributed by atoms with van der Waals surface area (Å²) in [5.74, 6) is 0. The van der Waals surface area contributed by atoms with Gasteiger partial charge in [0.2, 0.25) is 0 Å². The fraction of sp³-hybridized carbons (Fsp3) is 0.286. The van der Waals surface area contributed by atoms with Crippen molar-refractivity contribution in [2.45, 2.75) is 12.5 Å². The highest BCUT2D eigenvalue weighted by molar-refractivity contribution is 7.09. The maximum atomic E-state index is 11.7. The molecule has 0 bridgehead atoms. The molecule has 1 aliphatic heterocycles. The summed E-state index contributed by atoms with van der Waals surface area (Å²) in [5, 5.41) is 6.82. The number of thiazole rings is 1. The number of nitrogens with one attached hydrogen (secondary N) is 1. The van der Waals surface area contributed by atoms with Crippen LogP contribution in [0.15, 0.2) is 53.5 Å². The number of H-pyrrole nitrogens is 1. The molecule has 30 heavy (non-hydrogen) atoms. The van der Waals surface area contributed by atoms with Crippen LogP contribution in [0.1, 0.15) is 17.6 Å². The first-order valence-electron chi connectivity index (χ1n) is 9.70. The lowest BCUT2D eigenvalue weighted by Crippen LogP contribution is -2.36. The number of aromatic amines is 1. The minimum atomic E-state index is -1.07. The largest absolute Gasteiger partial charge is 0.378 e. The molecule has 0 amide bonds. The smallest absolute Gasteiger partial charge is 0.190 e. The van der Waals surface area contributed by atoms with Gasteiger partial charge in [0.15, 0.2) is 5.54 Å². The van der Waals surface area contributed by atoms with Crippen LogP contribution in [-0.4, -0.2) is 46.2 Å². The van der Waals surface area contributed by atoms with Gasteiger partial charge in [-0.2, -0.15) is 0 Å². The maximum absolute atomic E-state index is 11.7. The Morgan fingerprint density at radius 3 is 2.83 bits per heavy atom. The standard InChI is InChI=1S/C21H20N6O2S/c1-21(26-28,20-22-4-9-30-20)18-10-14(12-23-18)19-16-3-2-15(11-17(16)24-13-25-19)27-5-7-29-8-6-27/h2-4,9-13,23H,5-8H2,1H3. The number of aromatic nitrogens is 4. The van der Waals surface area contributed by atoms with Crippen LogP contribution in [0.2, 0.25) is 0 Å². The number of anilines is 1. The van der Waals surface area contributed by atoms with E-state index in [9.17, 15) is 4.91 Å². The van der Waals surface area contributed by atoms with E-state index in [-0.39, 0.29) is 0 Å². The quantitative estimate of drug-likeness (QED) is 0.491. The lowest BCUT2D eigenvalue weighted by molar-refractivity contribution is 0.122. The summed E-state index contributed by atoms with van der Waals surface area (Å²) in [7, 11) is 0. The number of fused-ring (bicyclic) bond motifs is 1. The normalized spacial score (nSPS) is 16.5. The number of nitrogens with zero attached hydrogens (tertiary/aromatic N) is 5. The SMILES string of the molecule is CC(N=O)(c1cc(-c2ncnc3cc(N4CCOCC4)ccc23)c[nH]1)c1nccs1. The van der Waals surface area contributed by atoms with Crippen molar-refractivity contribution in [1.29, 1.82) is 0 Å². The van der Waals surface area contributed by atoms with Crippen molar-refractivity contribution < 1.29 is 4.74 Å². The summed E-state index contributed by atoms with van der Waals surface area (Å²) in [6, 6.07) is 8.16. The minimum absolute atomic E-state index is 0.647. The maximum Gasteiger partial charge on any atom is 0.190 e. The van der Waals surface area contributed by atoms with Gasteiger partial charge >= 0.3 is 0 Å². The molecular weight excluding hydrogens is 400 g/mol. The molecule has 4 aromatic rings. The van der Waals surface area contributed by atoms with Crippen molar-refractivity contribution in [3.8, 4) is 11.3 Å². The van der Waals surface area contributed by atoms with Crippen molar-refractivity contribution >= 4 is 27.9 Å². The minimum Gasteiger partial charge on any atom is -0.378 e. The Morgan fingerprint density at radius 1 is 1.20 bits per heavy atom. The van der Waals surface area contributed by atoms with Gasteiger partial charge in [-0.05, 0) is 36.4 Å². The molecule has 1 aromatic carbocycles. The highest BCUT2D eigenvalue weighted by Crippen LogP contribution is 2.36. The van der Waals surface area contributed by atoms with E-state index in [1.807, 2.05) is 17.6 Å². The van der Waals surface area contributed by atoms with E-state index in [1.54, 1.807) is 19.4 Å². The van der Waals surface area contributed by atoms with Crippen LogP contribution in [-0.2, 0) is 10.3 Å². The summed E-state index contributed by atoms with van der Waals surface area (Å²) >= 11 is 1.41. The zero-order valence-electron chi connectivity index (χ0n) is 16.4. The predicted molar refractivity (Wildman–Crippen MR) is 117 cm³/mol. The summed E-state index contributed by atoms with van der Waals surface area (Å²) in [6.45, 7) is 4.99. The van der Waals surface area contributed by atoms with E-state index in [1.165, 1.54) is 11.3 Å². The average Bonchev–Trinajstić information content (AvgIpc) is 3.51. The molecule has 1 aliphatic rings. The Kier molecular flexibility index (Phi) is 4.76. The van der Waals surface area contributed by atoms with Gasteiger partial charge in [-0.15, -0.1) is 16.2 Å². The summed E-state index contributed by atoms with van der Waals surface area (Å²) in [4.78, 5) is 30.5. The fourth-order valence-corrected chi connectivity index (χ4v) is 4.52. The number of morpholine rings is 1. The zero-order valence-corrected chi connectivity index (χ0v) is 17.2. The molecule has 5 rings (SSSR count). The van der Waals surface area contributed by atoms with Gasteiger partial charge in [0.05, 0.1) is 30.1 Å². The second kappa shape index (κ2) is 7.58. The molecule has 0 aliphatic carbocycles. The number of nitroso groups, excluding NO2 is 1. The monoisotopic (exact) mass is 420 g/mol. The summed E-state index contributed by atoms with van der Waals surface area (Å²) in [5.41, 5.74) is 3.30. The van der Waals surface area contributed by atoms with Crippen molar-refractivity contribution in [2.24, 2.45) is 5.18 Å². The van der Waals surface area contributed by atoms with E-state index in [2.05, 4.69) is 48.2 Å². The Labute approximate surface area is 176 Å². The summed E-state index contributed by atoms with van der Waals surface area (Å²) < 4.78 is 5.45. The molecule has 3 aromatic heterocycles. The molecule has 1 saturated heterocycles. The number of hydrogen-bond donors (Lipinski definition) is 1. The van der Waals surface area contributed by atoms with Gasteiger partial charge in [0, 0.05) is 47.5 Å². The van der Waals surface area contributed by atoms with Crippen LogP contribution in [0, 0.1) is 4.91 Å². The van der Waals surface area contributed by atoms with Gasteiger partial charge in [0.25, 0.3) is 0 Å². The first-order valence-corrected chi connectivity index (χ1v) is 10.6. The zero-order chi connectivity index (χ0) is 20.6. The Morgan fingerprint density at radius 2 is 2.07 bits per heavy atom. The van der Waals surface area contributed by atoms with Crippen LogP contribution in [0.4, 0.5) is 5.69 Å². The van der Waals surface area contributed by atoms with Crippen LogP contribution in [0.3, 0.4) is 0 Å². The predicted octanol–water partition coefficient (Wildman–Crippen LogP) is 3.95. The highest BCUT2D eigenvalue weighted by atomic mass is 32.1. The molecule has 152 valence electrons. The lowest BCUT2D eigenvalue weighted by Gasteiger charge is -2.29. The van der Waals surface area contributed by atoms with E-state index in [0.717, 1.165) is 54.2 Å². The Hall–Kier alpha value is -3.17. The molecule has 9 heteroatoms. The molecule has 8 nitrogen and oxygen atoms in total. The Bertz CT molecular complexity index is 1190. The first-order chi connectivity index (χ1) is 14.7. The third kappa shape index (κ3) is 3.16. The third-order valence-corrected chi connectivity index (χ3v) is 6.49. The molecular formula is C21H20N6O2S. The second-order valence-electron chi connectivity index (χ2n) is 7.33. The molecule has 1 atom stereocenters. The summed E-state index contributed by atoms with van der Waals surface area (Å²) in [6.07, 6.45) is 5.10. The molecule has 0 spiro atoms. The van der Waals surface area contributed by atoms with Gasteiger partial charge in [0.1, 0.15) is 11.3 Å². The fourth-order valence-electron chi connectivity index (χ4n) is 3.77. The van der Waals surface area contributed by atoms with Crippen molar-refractivity contribution in [3.63, 3.8) is 0 Å². The van der Waals surface area contributed by atoms with Gasteiger partial charge in [-0.25, -0.2) is 15.0 Å². The van der Waals surface area contributed by atoms with E-state index >= 15 is 0 Å². The number of benzene rings is 1. The third-order valence-electron chi connectivity index (χ3n) is 5.51. The van der Waals surface area contributed by atoms with Crippen LogP contribution in [0.5, 0.6) is 0 Å². The average molecular weight is 420 g/mol. The molecule has 1 unspecified atom stereocenters. The Balaban J connectivity index is 1.53. The van der Waals surface area contributed by atoms with Crippen molar-refractivity contribution in [2.75, 3.05) is 31.2 Å². The van der Waals surface area contributed by atoms with Gasteiger partial charge in [-0.1, -0.05) is 0 Å². The van der Waals surface area contributed by atoms with Crippen LogP contribution < -0.4 is 4.90 Å².